The van der Waals surface area contributed by atoms with Gasteiger partial charge < -0.3 is 10.2 Å². The van der Waals surface area contributed by atoms with E-state index >= 15 is 0 Å². The molecule has 0 unspecified atom stereocenters. The van der Waals surface area contributed by atoms with Crippen molar-refractivity contribution in [2.75, 3.05) is 26.2 Å². The summed E-state index contributed by atoms with van der Waals surface area (Å²) in [6.07, 6.45) is 5.00. The summed E-state index contributed by atoms with van der Waals surface area (Å²) >= 11 is 5.13. The van der Waals surface area contributed by atoms with Crippen molar-refractivity contribution in [3.63, 3.8) is 0 Å². The number of nitrogens with zero attached hydrogens (tertiary/aromatic N) is 2. The van der Waals surface area contributed by atoms with Gasteiger partial charge in [0.15, 0.2) is 5.11 Å². The average molecular weight is 313 g/mol. The van der Waals surface area contributed by atoms with E-state index in [1.807, 2.05) is 4.90 Å². The van der Waals surface area contributed by atoms with Crippen LogP contribution in [0.25, 0.3) is 0 Å². The van der Waals surface area contributed by atoms with Gasteiger partial charge in [-0.05, 0) is 25.1 Å². The third-order valence-electron chi connectivity index (χ3n) is 3.63. The molecule has 1 fully saturated rings. The molecule has 0 spiro atoms. The number of carbonyl (C=O) groups is 2. The third kappa shape index (κ3) is 5.99. The van der Waals surface area contributed by atoms with Gasteiger partial charge in [-0.3, -0.25) is 14.5 Å². The van der Waals surface area contributed by atoms with Crippen LogP contribution in [0.3, 0.4) is 0 Å². The minimum absolute atomic E-state index is 0.0141. The Balaban J connectivity index is 2.47. The number of thiocarbonyl (C=S) groups is 1. The number of hydrogen-bond donors (Lipinski definition) is 1. The molecule has 0 radical (unpaired) electrons. The van der Waals surface area contributed by atoms with Crippen molar-refractivity contribution in [3.05, 3.63) is 0 Å². The van der Waals surface area contributed by atoms with Crippen LogP contribution >= 0.6 is 12.2 Å². The second kappa shape index (κ2) is 9.71. The summed E-state index contributed by atoms with van der Waals surface area (Å²) in [6, 6.07) is 0. The molecule has 21 heavy (non-hydrogen) atoms. The lowest BCUT2D eigenvalue weighted by molar-refractivity contribution is -0.132. The molecule has 0 saturated carbocycles. The molecule has 2 amide bonds. The molecule has 120 valence electrons. The fourth-order valence-corrected chi connectivity index (χ4v) is 2.57. The zero-order valence-electron chi connectivity index (χ0n) is 13.2. The summed E-state index contributed by atoms with van der Waals surface area (Å²) < 4.78 is 0. The van der Waals surface area contributed by atoms with Gasteiger partial charge in [0.25, 0.3) is 0 Å². The molecule has 0 aromatic carbocycles. The zero-order chi connectivity index (χ0) is 15.7. The average Bonchev–Trinajstić information content (AvgIpc) is 2.46. The topological polar surface area (TPSA) is 52.7 Å². The van der Waals surface area contributed by atoms with Gasteiger partial charge in [-0.1, -0.05) is 26.7 Å². The molecule has 0 bridgehead atoms. The van der Waals surface area contributed by atoms with Crippen molar-refractivity contribution >= 4 is 29.1 Å². The minimum Gasteiger partial charge on any atom is -0.362 e. The quantitative estimate of drug-likeness (QED) is 0.661. The Kier molecular flexibility index (Phi) is 8.27. The first-order valence-corrected chi connectivity index (χ1v) is 8.36. The highest BCUT2D eigenvalue weighted by Gasteiger charge is 2.24. The maximum atomic E-state index is 12.3. The van der Waals surface area contributed by atoms with E-state index in [4.69, 9.17) is 12.2 Å². The smallest absolute Gasteiger partial charge is 0.230 e. The van der Waals surface area contributed by atoms with Gasteiger partial charge in [0.1, 0.15) is 0 Å². The molecule has 0 atom stereocenters. The van der Waals surface area contributed by atoms with Crippen LogP contribution in [0.15, 0.2) is 0 Å². The number of amides is 2. The van der Waals surface area contributed by atoms with E-state index in [-0.39, 0.29) is 11.8 Å². The van der Waals surface area contributed by atoms with E-state index < -0.39 is 0 Å². The summed E-state index contributed by atoms with van der Waals surface area (Å²) in [5, 5.41) is 3.45. The Morgan fingerprint density at radius 1 is 1.29 bits per heavy atom. The second-order valence-corrected chi connectivity index (χ2v) is 5.75. The van der Waals surface area contributed by atoms with Crippen LogP contribution in [0.5, 0.6) is 0 Å². The Morgan fingerprint density at radius 2 is 1.90 bits per heavy atom. The Bertz CT molecular complexity index is 350. The highest BCUT2D eigenvalue weighted by atomic mass is 32.1. The molecule has 1 N–H and O–H groups in total. The second-order valence-electron chi connectivity index (χ2n) is 5.37. The number of hydrogen-bond acceptors (Lipinski definition) is 3. The van der Waals surface area contributed by atoms with E-state index in [0.717, 1.165) is 38.8 Å². The SMILES string of the molecule is CCCCN(CCCC)C(=O)CCN1C(=O)CCNC1=S. The van der Waals surface area contributed by atoms with Gasteiger partial charge in [0.2, 0.25) is 11.8 Å². The lowest BCUT2D eigenvalue weighted by atomic mass is 10.2. The standard InChI is InChI=1S/C15H27N3O2S/c1-3-5-10-17(11-6-4-2)13(19)8-12-18-14(20)7-9-16-15(18)21/h3-12H2,1-2H3,(H,16,21). The molecular weight excluding hydrogens is 286 g/mol. The van der Waals surface area contributed by atoms with Crippen molar-refractivity contribution in [3.8, 4) is 0 Å². The van der Waals surface area contributed by atoms with Crippen LogP contribution in [0.2, 0.25) is 0 Å². The molecule has 1 aliphatic heterocycles. The maximum absolute atomic E-state index is 12.3. The first-order chi connectivity index (χ1) is 10.1. The third-order valence-corrected chi connectivity index (χ3v) is 3.99. The first-order valence-electron chi connectivity index (χ1n) is 7.96. The fourth-order valence-electron chi connectivity index (χ4n) is 2.27. The normalized spacial score (nSPS) is 15.0. The van der Waals surface area contributed by atoms with E-state index in [2.05, 4.69) is 19.2 Å². The van der Waals surface area contributed by atoms with Crippen LogP contribution in [-0.4, -0.2) is 52.9 Å². The highest BCUT2D eigenvalue weighted by Crippen LogP contribution is 2.06. The van der Waals surface area contributed by atoms with E-state index in [9.17, 15) is 9.59 Å². The molecule has 5 nitrogen and oxygen atoms in total. The highest BCUT2D eigenvalue weighted by molar-refractivity contribution is 7.80. The van der Waals surface area contributed by atoms with Crippen LogP contribution in [0, 0.1) is 0 Å². The van der Waals surface area contributed by atoms with Crippen LogP contribution in [0.1, 0.15) is 52.4 Å². The summed E-state index contributed by atoms with van der Waals surface area (Å²) in [5.74, 6) is 0.137. The van der Waals surface area contributed by atoms with E-state index in [0.29, 0.717) is 31.0 Å². The van der Waals surface area contributed by atoms with Gasteiger partial charge in [0.05, 0.1) is 0 Å². The fraction of sp³-hybridized carbons (Fsp3) is 0.800. The summed E-state index contributed by atoms with van der Waals surface area (Å²) in [5.41, 5.74) is 0. The summed E-state index contributed by atoms with van der Waals surface area (Å²) in [4.78, 5) is 27.6. The van der Waals surface area contributed by atoms with Crippen molar-refractivity contribution in [1.82, 2.24) is 15.1 Å². The zero-order valence-corrected chi connectivity index (χ0v) is 14.0. The largest absolute Gasteiger partial charge is 0.362 e. The predicted molar refractivity (Wildman–Crippen MR) is 87.9 cm³/mol. The Labute approximate surface area is 133 Å². The van der Waals surface area contributed by atoms with Gasteiger partial charge >= 0.3 is 0 Å². The monoisotopic (exact) mass is 313 g/mol. The van der Waals surface area contributed by atoms with Gasteiger partial charge in [-0.15, -0.1) is 0 Å². The molecule has 0 aliphatic carbocycles. The lowest BCUT2D eigenvalue weighted by Gasteiger charge is -2.29. The molecule has 1 saturated heterocycles. The number of nitrogens with one attached hydrogen (secondary N) is 1. The van der Waals surface area contributed by atoms with Crippen molar-refractivity contribution in [2.24, 2.45) is 0 Å². The van der Waals surface area contributed by atoms with Gasteiger partial charge in [-0.25, -0.2) is 0 Å². The first kappa shape index (κ1) is 17.9. The predicted octanol–water partition coefficient (Wildman–Crippen LogP) is 1.91. The number of unbranched alkanes of at least 4 members (excludes halogenated alkanes) is 2. The molecule has 1 heterocycles. The van der Waals surface area contributed by atoms with Gasteiger partial charge in [0, 0.05) is 39.0 Å². The van der Waals surface area contributed by atoms with Gasteiger partial charge in [-0.2, -0.15) is 0 Å². The summed E-state index contributed by atoms with van der Waals surface area (Å²) in [7, 11) is 0. The molecule has 0 aromatic rings. The number of rotatable bonds is 9. The van der Waals surface area contributed by atoms with Crippen LogP contribution in [0.4, 0.5) is 0 Å². The Hall–Kier alpha value is -1.17. The van der Waals surface area contributed by atoms with E-state index in [1.54, 1.807) is 0 Å². The molecule has 1 rings (SSSR count). The Morgan fingerprint density at radius 3 is 2.43 bits per heavy atom. The van der Waals surface area contributed by atoms with Crippen molar-refractivity contribution < 1.29 is 9.59 Å². The molecule has 0 aromatic heterocycles. The molecular formula is C15H27N3O2S. The molecule has 6 heteroatoms. The van der Waals surface area contributed by atoms with Crippen molar-refractivity contribution in [2.45, 2.75) is 52.4 Å². The minimum atomic E-state index is 0.0141. The molecule has 1 aliphatic rings. The van der Waals surface area contributed by atoms with Crippen LogP contribution in [-0.2, 0) is 9.59 Å². The lowest BCUT2D eigenvalue weighted by Crippen LogP contribution is -2.50. The van der Waals surface area contributed by atoms with Crippen molar-refractivity contribution in [1.29, 1.82) is 0 Å². The number of carbonyl (C=O) groups excluding carboxylic acids is 2. The maximum Gasteiger partial charge on any atom is 0.230 e. The van der Waals surface area contributed by atoms with E-state index in [1.165, 1.54) is 4.90 Å². The van der Waals surface area contributed by atoms with Crippen LogP contribution < -0.4 is 5.32 Å². The summed E-state index contributed by atoms with van der Waals surface area (Å²) in [6.45, 7) is 6.86.